The number of aromatic nitrogens is 2. The van der Waals surface area contributed by atoms with Gasteiger partial charge in [-0.05, 0) is 0 Å². The Kier molecular flexibility index (Phi) is 7.30. The third-order valence-electron chi connectivity index (χ3n) is 7.29. The number of sulfonamides is 1. The summed E-state index contributed by atoms with van der Waals surface area (Å²) >= 11 is 0.0143. The second-order valence-corrected chi connectivity index (χ2v) is 16.1. The van der Waals surface area contributed by atoms with E-state index >= 15 is 0 Å². The van der Waals surface area contributed by atoms with E-state index in [0.717, 1.165) is 22.3 Å². The minimum atomic E-state index is -3.97. The first-order valence-corrected chi connectivity index (χ1v) is 18.1. The third kappa shape index (κ3) is 5.22. The number of aryl methyl sites for hydroxylation is 2. The van der Waals surface area contributed by atoms with Gasteiger partial charge >= 0.3 is 248 Å². The first kappa shape index (κ1) is 27.8. The molecule has 6 rings (SSSR count). The molecular weight excluding hydrogens is 621 g/mol. The van der Waals surface area contributed by atoms with Crippen molar-refractivity contribution in [3.05, 3.63) is 125 Å². The van der Waals surface area contributed by atoms with E-state index in [9.17, 15) is 16.8 Å². The van der Waals surface area contributed by atoms with Crippen molar-refractivity contribution in [3.8, 4) is 11.4 Å². The monoisotopic (exact) mass is 651 g/mol. The van der Waals surface area contributed by atoms with Crippen molar-refractivity contribution in [1.82, 2.24) is 13.3 Å². The quantitative estimate of drug-likeness (QED) is 0.262. The number of hydrogen-bond acceptors (Lipinski definition) is 4. The standard InChI is InChI=1S/C31H29N3O4S2Se/c1-22-8-12-26(13-9-22)39(35,36)33-18-24-16-17-32-30(24)31-29(20-33)25(21-41-28-6-4-3-5-7-28)19-34(31)40(37,38)27-14-10-23(2)11-15-27/h3-17,19,32H,18,20-21H2,1-2H3. The fourth-order valence-electron chi connectivity index (χ4n) is 5.03. The molecule has 10 heteroatoms. The van der Waals surface area contributed by atoms with Crippen LogP contribution in [0.3, 0.4) is 0 Å². The number of hydrogen-bond donors (Lipinski definition) is 1. The Morgan fingerprint density at radius 2 is 1.37 bits per heavy atom. The van der Waals surface area contributed by atoms with Crippen molar-refractivity contribution >= 4 is 39.5 Å². The first-order valence-electron chi connectivity index (χ1n) is 13.1. The van der Waals surface area contributed by atoms with Crippen LogP contribution in [0, 0.1) is 13.8 Å². The van der Waals surface area contributed by atoms with Gasteiger partial charge in [0.1, 0.15) is 0 Å². The van der Waals surface area contributed by atoms with Gasteiger partial charge in [0.05, 0.1) is 0 Å². The Balaban J connectivity index is 1.53. The number of nitrogens with zero attached hydrogens (tertiary/aromatic N) is 2. The van der Waals surface area contributed by atoms with Crippen LogP contribution in [0.2, 0.25) is 0 Å². The molecule has 0 unspecified atom stereocenters. The molecule has 0 bridgehead atoms. The van der Waals surface area contributed by atoms with Gasteiger partial charge in [-0.15, -0.1) is 0 Å². The van der Waals surface area contributed by atoms with Crippen LogP contribution in [0.15, 0.2) is 107 Å². The Labute approximate surface area is 247 Å². The molecule has 0 radical (unpaired) electrons. The average Bonchev–Trinajstić information content (AvgIpc) is 3.53. The van der Waals surface area contributed by atoms with Gasteiger partial charge in [-0.1, -0.05) is 0 Å². The molecule has 0 saturated carbocycles. The predicted octanol–water partition coefficient (Wildman–Crippen LogP) is 4.57. The Hall–Kier alpha value is -3.40. The summed E-state index contributed by atoms with van der Waals surface area (Å²) in [6.45, 7) is 4.01. The molecule has 41 heavy (non-hydrogen) atoms. The SMILES string of the molecule is Cc1ccc(S(=O)(=O)N2Cc3cc[nH]c3-c3c(c(C[Se]c4ccccc4)cn3S(=O)(=O)c3ccc(C)cc3)C2)cc1. The summed E-state index contributed by atoms with van der Waals surface area (Å²) in [5.41, 5.74) is 5.30. The summed E-state index contributed by atoms with van der Waals surface area (Å²) < 4.78 is 60.1. The number of rotatable bonds is 7. The molecule has 0 aliphatic carbocycles. The van der Waals surface area contributed by atoms with Crippen LogP contribution in [-0.2, 0) is 38.5 Å². The zero-order valence-corrected chi connectivity index (χ0v) is 26.0. The van der Waals surface area contributed by atoms with E-state index in [2.05, 4.69) is 17.1 Å². The first-order chi connectivity index (χ1) is 19.6. The van der Waals surface area contributed by atoms with E-state index in [1.165, 1.54) is 12.7 Å². The molecule has 0 saturated heterocycles. The molecule has 3 heterocycles. The molecule has 1 aliphatic rings. The van der Waals surface area contributed by atoms with Crippen molar-refractivity contribution < 1.29 is 16.8 Å². The molecule has 0 spiro atoms. The van der Waals surface area contributed by atoms with Gasteiger partial charge in [0.2, 0.25) is 0 Å². The second-order valence-electron chi connectivity index (χ2n) is 10.2. The summed E-state index contributed by atoms with van der Waals surface area (Å²) in [6, 6.07) is 25.5. The normalized spacial score (nSPS) is 13.9. The van der Waals surface area contributed by atoms with Crippen molar-refractivity contribution in [2.45, 2.75) is 42.0 Å². The molecule has 0 atom stereocenters. The maximum absolute atomic E-state index is 14.1. The fraction of sp³-hybridized carbons (Fsp3) is 0.161. The van der Waals surface area contributed by atoms with Crippen LogP contribution in [0.5, 0.6) is 0 Å². The molecule has 0 fully saturated rings. The molecule has 1 N–H and O–H groups in total. The average molecular weight is 651 g/mol. The van der Waals surface area contributed by atoms with E-state index in [0.29, 0.717) is 22.3 Å². The fourth-order valence-corrected chi connectivity index (χ4v) is 9.76. The van der Waals surface area contributed by atoms with Crippen LogP contribution < -0.4 is 4.46 Å². The molecular formula is C31H29N3O4S2Se. The van der Waals surface area contributed by atoms with Crippen LogP contribution in [0.4, 0.5) is 0 Å². The van der Waals surface area contributed by atoms with E-state index in [-0.39, 0.29) is 37.8 Å². The molecule has 210 valence electrons. The maximum atomic E-state index is 14.1. The molecule has 1 aliphatic heterocycles. The van der Waals surface area contributed by atoms with Crippen molar-refractivity contribution in [3.63, 3.8) is 0 Å². The second kappa shape index (κ2) is 10.8. The minimum absolute atomic E-state index is 0.0143. The number of fused-ring (bicyclic) bond motifs is 3. The van der Waals surface area contributed by atoms with E-state index in [1.54, 1.807) is 60.9 Å². The molecule has 5 aromatic rings. The van der Waals surface area contributed by atoms with Gasteiger partial charge in [-0.3, -0.25) is 0 Å². The van der Waals surface area contributed by atoms with Gasteiger partial charge in [0, 0.05) is 0 Å². The number of aromatic amines is 1. The van der Waals surface area contributed by atoms with Crippen LogP contribution >= 0.6 is 0 Å². The zero-order valence-electron chi connectivity index (χ0n) is 22.6. The van der Waals surface area contributed by atoms with Gasteiger partial charge in [-0.25, -0.2) is 0 Å². The van der Waals surface area contributed by atoms with Gasteiger partial charge in [0.25, 0.3) is 0 Å². The van der Waals surface area contributed by atoms with E-state index in [4.69, 9.17) is 0 Å². The Bertz CT molecular complexity index is 1930. The Morgan fingerprint density at radius 1 is 0.756 bits per heavy atom. The Morgan fingerprint density at radius 3 is 2.00 bits per heavy atom. The van der Waals surface area contributed by atoms with Crippen LogP contribution in [0.1, 0.15) is 27.8 Å². The van der Waals surface area contributed by atoms with Crippen molar-refractivity contribution in [2.75, 3.05) is 0 Å². The molecule has 2 aromatic heterocycles. The van der Waals surface area contributed by atoms with Crippen LogP contribution in [-0.4, -0.2) is 45.1 Å². The van der Waals surface area contributed by atoms with Crippen molar-refractivity contribution in [2.24, 2.45) is 0 Å². The number of H-pyrrole nitrogens is 1. The van der Waals surface area contributed by atoms with Crippen LogP contribution in [0.25, 0.3) is 11.4 Å². The van der Waals surface area contributed by atoms with E-state index < -0.39 is 20.0 Å². The predicted molar refractivity (Wildman–Crippen MR) is 161 cm³/mol. The zero-order chi connectivity index (χ0) is 28.8. The summed E-state index contributed by atoms with van der Waals surface area (Å²) in [6.07, 6.45) is 3.43. The summed E-state index contributed by atoms with van der Waals surface area (Å²) in [7, 11) is -7.84. The van der Waals surface area contributed by atoms with Gasteiger partial charge < -0.3 is 0 Å². The summed E-state index contributed by atoms with van der Waals surface area (Å²) in [5, 5.41) is 0.615. The summed E-state index contributed by atoms with van der Waals surface area (Å²) in [4.78, 5) is 3.63. The third-order valence-corrected chi connectivity index (χ3v) is 13.0. The molecule has 3 aromatic carbocycles. The van der Waals surface area contributed by atoms with Gasteiger partial charge in [-0.2, -0.15) is 0 Å². The van der Waals surface area contributed by atoms with E-state index in [1.807, 2.05) is 38.1 Å². The topological polar surface area (TPSA) is 92.2 Å². The molecule has 7 nitrogen and oxygen atoms in total. The number of benzene rings is 3. The summed E-state index contributed by atoms with van der Waals surface area (Å²) in [5.74, 6) is 0. The number of nitrogens with one attached hydrogen (secondary N) is 1. The van der Waals surface area contributed by atoms with Crippen molar-refractivity contribution in [1.29, 1.82) is 0 Å². The van der Waals surface area contributed by atoms with Gasteiger partial charge in [0.15, 0.2) is 0 Å². The molecule has 0 amide bonds.